The van der Waals surface area contributed by atoms with Crippen LogP contribution >= 0.6 is 12.4 Å². The number of hydrogen-bond acceptors (Lipinski definition) is 2. The molecule has 4 heteroatoms. The van der Waals surface area contributed by atoms with Crippen molar-refractivity contribution in [2.75, 3.05) is 26.2 Å². The Balaban J connectivity index is 0.00000133. The number of piperidine rings is 1. The third kappa shape index (κ3) is 2.64. The van der Waals surface area contributed by atoms with Crippen molar-refractivity contribution < 1.29 is 4.79 Å². The summed E-state index contributed by atoms with van der Waals surface area (Å²) in [5.41, 5.74) is 0.0128. The van der Waals surface area contributed by atoms with Gasteiger partial charge in [0.1, 0.15) is 0 Å². The van der Waals surface area contributed by atoms with Crippen LogP contribution in [-0.4, -0.2) is 37.0 Å². The maximum absolute atomic E-state index is 12.8. The van der Waals surface area contributed by atoms with Crippen molar-refractivity contribution in [3.8, 4) is 0 Å². The number of halogens is 1. The molecular formula is C15H27ClN2O. The highest BCUT2D eigenvalue weighted by Gasteiger charge is 2.44. The molecule has 0 radical (unpaired) electrons. The van der Waals surface area contributed by atoms with E-state index >= 15 is 0 Å². The Hall–Kier alpha value is -0.280. The summed E-state index contributed by atoms with van der Waals surface area (Å²) in [4.78, 5) is 15.0. The summed E-state index contributed by atoms with van der Waals surface area (Å²) < 4.78 is 0. The third-order valence-corrected chi connectivity index (χ3v) is 5.68. The van der Waals surface area contributed by atoms with Crippen LogP contribution in [0.25, 0.3) is 0 Å². The molecular weight excluding hydrogens is 260 g/mol. The normalized spacial score (nSPS) is 32.8. The number of carbonyl (C=O) groups is 1. The van der Waals surface area contributed by atoms with Crippen molar-refractivity contribution in [2.45, 2.75) is 45.4 Å². The lowest BCUT2D eigenvalue weighted by molar-refractivity contribution is -0.144. The van der Waals surface area contributed by atoms with Crippen LogP contribution in [0.3, 0.4) is 0 Å². The molecule has 3 rings (SSSR count). The standard InChI is InChI=1S/C15H26N2O.ClH/c1-2-15(6-3-4-7-15)14(18)17-8-5-12-9-16-10-13(12)11-17;/h12-13,16H,2-11H2,1H3;1H. The molecule has 0 aromatic heterocycles. The van der Waals surface area contributed by atoms with E-state index in [1.165, 1.54) is 25.8 Å². The first kappa shape index (κ1) is 15.1. The molecule has 1 saturated carbocycles. The molecule has 0 bridgehead atoms. The maximum Gasteiger partial charge on any atom is 0.228 e. The number of hydrogen-bond donors (Lipinski definition) is 1. The van der Waals surface area contributed by atoms with E-state index in [1.54, 1.807) is 0 Å². The Morgan fingerprint density at radius 2 is 1.95 bits per heavy atom. The molecule has 2 heterocycles. The van der Waals surface area contributed by atoms with Crippen LogP contribution in [0.2, 0.25) is 0 Å². The van der Waals surface area contributed by atoms with Crippen molar-refractivity contribution in [1.29, 1.82) is 0 Å². The first-order chi connectivity index (χ1) is 8.75. The zero-order chi connectivity index (χ0) is 12.6. The number of fused-ring (bicyclic) bond motifs is 1. The van der Waals surface area contributed by atoms with E-state index in [0.717, 1.165) is 50.7 Å². The van der Waals surface area contributed by atoms with E-state index < -0.39 is 0 Å². The molecule has 1 aliphatic carbocycles. The minimum Gasteiger partial charge on any atom is -0.342 e. The van der Waals surface area contributed by atoms with Gasteiger partial charge in [-0.2, -0.15) is 0 Å². The van der Waals surface area contributed by atoms with Gasteiger partial charge in [0.25, 0.3) is 0 Å². The van der Waals surface area contributed by atoms with E-state index in [2.05, 4.69) is 17.1 Å². The van der Waals surface area contributed by atoms with Gasteiger partial charge in [-0.05, 0) is 50.6 Å². The Morgan fingerprint density at radius 3 is 2.63 bits per heavy atom. The van der Waals surface area contributed by atoms with Gasteiger partial charge in [-0.25, -0.2) is 0 Å². The lowest BCUT2D eigenvalue weighted by Crippen LogP contribution is -2.49. The third-order valence-electron chi connectivity index (χ3n) is 5.68. The molecule has 2 atom stereocenters. The number of likely N-dealkylation sites (tertiary alicyclic amines) is 1. The van der Waals surface area contributed by atoms with E-state index in [9.17, 15) is 4.79 Å². The van der Waals surface area contributed by atoms with Crippen LogP contribution in [0.15, 0.2) is 0 Å². The van der Waals surface area contributed by atoms with E-state index in [4.69, 9.17) is 0 Å². The molecule has 1 N–H and O–H groups in total. The van der Waals surface area contributed by atoms with Crippen LogP contribution < -0.4 is 5.32 Å². The highest BCUT2D eigenvalue weighted by atomic mass is 35.5. The van der Waals surface area contributed by atoms with Crippen molar-refractivity contribution in [3.63, 3.8) is 0 Å². The molecule has 3 fully saturated rings. The van der Waals surface area contributed by atoms with Gasteiger partial charge in [-0.3, -0.25) is 4.79 Å². The summed E-state index contributed by atoms with van der Waals surface area (Å²) in [6, 6.07) is 0. The zero-order valence-electron chi connectivity index (χ0n) is 12.0. The van der Waals surface area contributed by atoms with E-state index in [-0.39, 0.29) is 17.8 Å². The maximum atomic E-state index is 12.8. The number of nitrogens with zero attached hydrogens (tertiary/aromatic N) is 1. The van der Waals surface area contributed by atoms with Crippen LogP contribution in [0.1, 0.15) is 45.4 Å². The molecule has 19 heavy (non-hydrogen) atoms. The van der Waals surface area contributed by atoms with Gasteiger partial charge in [-0.15, -0.1) is 12.4 Å². The van der Waals surface area contributed by atoms with Crippen LogP contribution in [0.4, 0.5) is 0 Å². The summed E-state index contributed by atoms with van der Waals surface area (Å²) in [5.74, 6) is 2.03. The highest BCUT2D eigenvalue weighted by molar-refractivity contribution is 5.85. The highest BCUT2D eigenvalue weighted by Crippen LogP contribution is 2.43. The van der Waals surface area contributed by atoms with Crippen molar-refractivity contribution in [3.05, 3.63) is 0 Å². The SMILES string of the molecule is CCC1(C(=O)N2CCC3CNCC3C2)CCCC1.Cl. The van der Waals surface area contributed by atoms with Crippen LogP contribution in [0.5, 0.6) is 0 Å². The summed E-state index contributed by atoms with van der Waals surface area (Å²) in [6.07, 6.45) is 7.01. The van der Waals surface area contributed by atoms with Crippen LogP contribution in [-0.2, 0) is 4.79 Å². The largest absolute Gasteiger partial charge is 0.342 e. The molecule has 2 unspecified atom stereocenters. The summed E-state index contributed by atoms with van der Waals surface area (Å²) in [7, 11) is 0. The molecule has 0 aromatic rings. The smallest absolute Gasteiger partial charge is 0.228 e. The van der Waals surface area contributed by atoms with Gasteiger partial charge in [0.15, 0.2) is 0 Å². The molecule has 1 amide bonds. The fraction of sp³-hybridized carbons (Fsp3) is 0.933. The number of amides is 1. The fourth-order valence-corrected chi connectivity index (χ4v) is 4.33. The summed E-state index contributed by atoms with van der Waals surface area (Å²) in [6.45, 7) is 6.51. The quantitative estimate of drug-likeness (QED) is 0.846. The minimum atomic E-state index is 0. The minimum absolute atomic E-state index is 0. The molecule has 2 aliphatic heterocycles. The van der Waals surface area contributed by atoms with E-state index in [0.29, 0.717) is 5.91 Å². The van der Waals surface area contributed by atoms with E-state index in [1.807, 2.05) is 0 Å². The summed E-state index contributed by atoms with van der Waals surface area (Å²) >= 11 is 0. The van der Waals surface area contributed by atoms with Gasteiger partial charge in [0.05, 0.1) is 0 Å². The molecule has 3 nitrogen and oxygen atoms in total. The second kappa shape index (κ2) is 6.01. The Morgan fingerprint density at radius 1 is 1.26 bits per heavy atom. The molecule has 0 spiro atoms. The summed E-state index contributed by atoms with van der Waals surface area (Å²) in [5, 5.41) is 3.48. The van der Waals surface area contributed by atoms with Crippen molar-refractivity contribution in [2.24, 2.45) is 17.3 Å². The average molecular weight is 287 g/mol. The second-order valence-corrected chi connectivity index (χ2v) is 6.56. The number of nitrogens with one attached hydrogen (secondary N) is 1. The van der Waals surface area contributed by atoms with Gasteiger partial charge in [0.2, 0.25) is 5.91 Å². The number of carbonyl (C=O) groups excluding carboxylic acids is 1. The van der Waals surface area contributed by atoms with Gasteiger partial charge in [0, 0.05) is 18.5 Å². The number of rotatable bonds is 2. The second-order valence-electron chi connectivity index (χ2n) is 6.56. The van der Waals surface area contributed by atoms with Gasteiger partial charge >= 0.3 is 0 Å². The van der Waals surface area contributed by atoms with Crippen LogP contribution in [0, 0.1) is 17.3 Å². The van der Waals surface area contributed by atoms with Crippen molar-refractivity contribution >= 4 is 18.3 Å². The monoisotopic (exact) mass is 286 g/mol. The average Bonchev–Trinajstić information content (AvgIpc) is 3.06. The predicted octanol–water partition coefficient (Wildman–Crippen LogP) is 2.45. The Bertz CT molecular complexity index is 328. The topological polar surface area (TPSA) is 32.3 Å². The molecule has 2 saturated heterocycles. The first-order valence-corrected chi connectivity index (χ1v) is 7.75. The zero-order valence-corrected chi connectivity index (χ0v) is 12.8. The first-order valence-electron chi connectivity index (χ1n) is 7.75. The fourth-order valence-electron chi connectivity index (χ4n) is 4.33. The van der Waals surface area contributed by atoms with Gasteiger partial charge < -0.3 is 10.2 Å². The predicted molar refractivity (Wildman–Crippen MR) is 79.5 cm³/mol. The lowest BCUT2D eigenvalue weighted by atomic mass is 9.80. The molecule has 3 aliphatic rings. The molecule has 0 aromatic carbocycles. The van der Waals surface area contributed by atoms with Crippen molar-refractivity contribution in [1.82, 2.24) is 10.2 Å². The Labute approximate surface area is 122 Å². The lowest BCUT2D eigenvalue weighted by Gasteiger charge is -2.39. The Kier molecular flexibility index (Phi) is 4.78. The molecule has 110 valence electrons. The van der Waals surface area contributed by atoms with Gasteiger partial charge in [-0.1, -0.05) is 19.8 Å².